The number of aryl methyl sites for hydroxylation is 1. The molecule has 3 rings (SSSR count). The Morgan fingerprint density at radius 1 is 1.27 bits per heavy atom. The predicted molar refractivity (Wildman–Crippen MR) is 111 cm³/mol. The number of para-hydroxylation sites is 1. The largest absolute Gasteiger partial charge is 0.435 e. The molecule has 0 bridgehead atoms. The Morgan fingerprint density at radius 2 is 2.07 bits per heavy atom. The zero-order valence-electron chi connectivity index (χ0n) is 16.4. The number of ether oxygens (including phenoxy) is 1. The van der Waals surface area contributed by atoms with Crippen LogP contribution in [0.1, 0.15) is 30.5 Å². The summed E-state index contributed by atoms with van der Waals surface area (Å²) in [7, 11) is 0. The average molecular weight is 409 g/mol. The van der Waals surface area contributed by atoms with Gasteiger partial charge in [0.2, 0.25) is 5.91 Å². The van der Waals surface area contributed by atoms with E-state index in [2.05, 4.69) is 16.1 Å². The Hall–Kier alpha value is -3.66. The van der Waals surface area contributed by atoms with Gasteiger partial charge in [-0.1, -0.05) is 30.3 Å². The molecule has 30 heavy (non-hydrogen) atoms. The molecule has 5 nitrogen and oxygen atoms in total. The van der Waals surface area contributed by atoms with Crippen LogP contribution in [0.4, 0.5) is 8.78 Å². The molecule has 1 N–H and O–H groups in total. The second-order valence-electron chi connectivity index (χ2n) is 6.72. The van der Waals surface area contributed by atoms with Crippen LogP contribution in [-0.4, -0.2) is 17.1 Å². The number of carbonyl (C=O) groups excluding carboxylic acids is 1. The van der Waals surface area contributed by atoms with E-state index in [4.69, 9.17) is 5.26 Å². The van der Waals surface area contributed by atoms with Gasteiger partial charge in [-0.15, -0.1) is 0 Å². The fraction of sp³-hybridized carbons (Fsp3) is 0.217. The van der Waals surface area contributed by atoms with Crippen LogP contribution >= 0.6 is 0 Å². The minimum Gasteiger partial charge on any atom is -0.435 e. The third-order valence-electron chi connectivity index (χ3n) is 4.64. The number of aromatic nitrogens is 1. The molecular weight excluding hydrogens is 388 g/mol. The van der Waals surface area contributed by atoms with Crippen molar-refractivity contribution >= 4 is 22.9 Å². The molecule has 1 atom stereocenters. The fourth-order valence-electron chi connectivity index (χ4n) is 3.23. The van der Waals surface area contributed by atoms with Crippen LogP contribution < -0.4 is 10.1 Å². The van der Waals surface area contributed by atoms with Gasteiger partial charge in [0, 0.05) is 35.3 Å². The third-order valence-corrected chi connectivity index (χ3v) is 4.64. The second kappa shape index (κ2) is 9.70. The number of carbonyl (C=O) groups is 1. The normalized spacial score (nSPS) is 12.2. The fourth-order valence-corrected chi connectivity index (χ4v) is 3.23. The Morgan fingerprint density at radius 3 is 2.83 bits per heavy atom. The van der Waals surface area contributed by atoms with Crippen molar-refractivity contribution in [3.8, 4) is 11.8 Å². The smallest absolute Gasteiger partial charge is 0.387 e. The molecule has 0 aliphatic heterocycles. The van der Waals surface area contributed by atoms with Gasteiger partial charge in [-0.25, -0.2) is 0 Å². The van der Waals surface area contributed by atoms with Crippen LogP contribution in [0.5, 0.6) is 5.75 Å². The zero-order valence-corrected chi connectivity index (χ0v) is 16.4. The lowest BCUT2D eigenvalue weighted by molar-refractivity contribution is -0.117. The van der Waals surface area contributed by atoms with Crippen molar-refractivity contribution in [2.75, 3.05) is 0 Å². The van der Waals surface area contributed by atoms with Crippen LogP contribution in [-0.2, 0) is 11.3 Å². The van der Waals surface area contributed by atoms with E-state index < -0.39 is 6.61 Å². The molecule has 1 aromatic heterocycles. The molecule has 0 spiro atoms. The highest BCUT2D eigenvalue weighted by Crippen LogP contribution is 2.23. The number of halogens is 2. The summed E-state index contributed by atoms with van der Waals surface area (Å²) in [5.41, 5.74) is 2.53. The van der Waals surface area contributed by atoms with Crippen molar-refractivity contribution in [1.29, 1.82) is 5.26 Å². The summed E-state index contributed by atoms with van der Waals surface area (Å²) in [6.07, 6.45) is 5.48. The summed E-state index contributed by atoms with van der Waals surface area (Å²) in [6.45, 7) is -0.560. The number of nitrogens with one attached hydrogen (secondary N) is 1. The first-order chi connectivity index (χ1) is 14.5. The first-order valence-electron chi connectivity index (χ1n) is 9.46. The highest BCUT2D eigenvalue weighted by molar-refractivity contribution is 5.96. The summed E-state index contributed by atoms with van der Waals surface area (Å²) in [5.74, 6) is -0.263. The number of hydrogen-bond donors (Lipinski definition) is 1. The summed E-state index contributed by atoms with van der Waals surface area (Å²) in [6, 6.07) is 15.8. The van der Waals surface area contributed by atoms with Crippen molar-refractivity contribution in [3.63, 3.8) is 0 Å². The van der Waals surface area contributed by atoms with Gasteiger partial charge in [0.25, 0.3) is 0 Å². The molecule has 3 aromatic rings. The molecule has 2 aromatic carbocycles. The van der Waals surface area contributed by atoms with Crippen molar-refractivity contribution in [2.45, 2.75) is 32.5 Å². The van der Waals surface area contributed by atoms with E-state index >= 15 is 0 Å². The van der Waals surface area contributed by atoms with E-state index in [9.17, 15) is 13.6 Å². The summed E-state index contributed by atoms with van der Waals surface area (Å²) < 4.78 is 31.2. The standard InChI is InChI=1S/C23H21F2N3O2/c1-16(17-6-4-7-19(14-17)30-23(24)25)27-22(29)11-10-18-15-28(13-5-12-26)21-9-3-2-8-20(18)21/h2-4,6-11,14-16,23H,5,13H2,1H3,(H,27,29)/b11-10+. The Kier molecular flexibility index (Phi) is 6.81. The Balaban J connectivity index is 1.71. The molecule has 0 saturated carbocycles. The van der Waals surface area contributed by atoms with Gasteiger partial charge in [-0.2, -0.15) is 14.0 Å². The van der Waals surface area contributed by atoms with Crippen molar-refractivity contribution in [3.05, 3.63) is 71.9 Å². The zero-order chi connectivity index (χ0) is 21.5. The highest BCUT2D eigenvalue weighted by atomic mass is 19.3. The number of alkyl halides is 2. The van der Waals surface area contributed by atoms with E-state index in [1.54, 1.807) is 25.1 Å². The van der Waals surface area contributed by atoms with Crippen LogP contribution in [0.15, 0.2) is 60.8 Å². The van der Waals surface area contributed by atoms with E-state index in [1.807, 2.05) is 35.0 Å². The Bertz CT molecular complexity index is 1100. The maximum absolute atomic E-state index is 12.4. The lowest BCUT2D eigenvalue weighted by atomic mass is 10.1. The summed E-state index contributed by atoms with van der Waals surface area (Å²) in [4.78, 5) is 12.4. The lowest BCUT2D eigenvalue weighted by Crippen LogP contribution is -2.24. The van der Waals surface area contributed by atoms with Crippen LogP contribution in [0, 0.1) is 11.3 Å². The van der Waals surface area contributed by atoms with Crippen molar-refractivity contribution in [2.24, 2.45) is 0 Å². The third kappa shape index (κ3) is 5.23. The molecule has 0 aliphatic rings. The molecule has 1 unspecified atom stereocenters. The molecule has 1 amide bonds. The number of rotatable bonds is 8. The van der Waals surface area contributed by atoms with Gasteiger partial charge in [-0.3, -0.25) is 4.79 Å². The number of amides is 1. The number of fused-ring (bicyclic) bond motifs is 1. The lowest BCUT2D eigenvalue weighted by Gasteiger charge is -2.14. The molecule has 0 aliphatic carbocycles. The van der Waals surface area contributed by atoms with Crippen LogP contribution in [0.2, 0.25) is 0 Å². The quantitative estimate of drug-likeness (QED) is 0.530. The average Bonchev–Trinajstić information content (AvgIpc) is 3.08. The Labute approximate surface area is 173 Å². The van der Waals surface area contributed by atoms with Gasteiger partial charge < -0.3 is 14.6 Å². The monoisotopic (exact) mass is 409 g/mol. The van der Waals surface area contributed by atoms with Gasteiger partial charge in [0.1, 0.15) is 5.75 Å². The summed E-state index contributed by atoms with van der Waals surface area (Å²) in [5, 5.41) is 12.7. The number of nitrogens with zero attached hydrogens (tertiary/aromatic N) is 2. The van der Waals surface area contributed by atoms with Gasteiger partial charge in [0.15, 0.2) is 0 Å². The maximum atomic E-state index is 12.4. The minimum absolute atomic E-state index is 0.0457. The maximum Gasteiger partial charge on any atom is 0.387 e. The number of benzene rings is 2. The molecule has 0 radical (unpaired) electrons. The van der Waals surface area contributed by atoms with E-state index in [-0.39, 0.29) is 17.7 Å². The van der Waals surface area contributed by atoms with Gasteiger partial charge >= 0.3 is 6.61 Å². The van der Waals surface area contributed by atoms with E-state index in [1.165, 1.54) is 18.2 Å². The predicted octanol–water partition coefficient (Wildman–Crippen LogP) is 5.05. The van der Waals surface area contributed by atoms with Gasteiger partial charge in [-0.05, 0) is 36.8 Å². The highest BCUT2D eigenvalue weighted by Gasteiger charge is 2.11. The van der Waals surface area contributed by atoms with Crippen molar-refractivity contribution in [1.82, 2.24) is 9.88 Å². The van der Waals surface area contributed by atoms with Crippen LogP contribution in [0.25, 0.3) is 17.0 Å². The van der Waals surface area contributed by atoms with Crippen LogP contribution in [0.3, 0.4) is 0 Å². The second-order valence-corrected chi connectivity index (χ2v) is 6.72. The SMILES string of the molecule is CC(NC(=O)/C=C/c1cn(CCC#N)c2ccccc12)c1cccc(OC(F)F)c1. The minimum atomic E-state index is -2.90. The van der Waals surface area contributed by atoms with E-state index in [0.29, 0.717) is 18.5 Å². The molecule has 154 valence electrons. The molecule has 7 heteroatoms. The number of nitriles is 1. The first kappa shape index (κ1) is 21.1. The van der Waals surface area contributed by atoms with Crippen molar-refractivity contribution < 1.29 is 18.3 Å². The first-order valence-corrected chi connectivity index (χ1v) is 9.46. The molecule has 1 heterocycles. The van der Waals surface area contributed by atoms with Gasteiger partial charge in [0.05, 0.1) is 18.5 Å². The topological polar surface area (TPSA) is 67.0 Å². The molecule has 0 fully saturated rings. The number of hydrogen-bond acceptors (Lipinski definition) is 3. The molecule has 0 saturated heterocycles. The van der Waals surface area contributed by atoms with E-state index in [0.717, 1.165) is 16.5 Å². The molecular formula is C23H21F2N3O2. The summed E-state index contributed by atoms with van der Waals surface area (Å²) >= 11 is 0.